The van der Waals surface area contributed by atoms with E-state index < -0.39 is 0 Å². The summed E-state index contributed by atoms with van der Waals surface area (Å²) in [4.78, 5) is 26.3. The summed E-state index contributed by atoms with van der Waals surface area (Å²) >= 11 is 0. The molecule has 1 aliphatic carbocycles. The molecule has 1 saturated heterocycles. The third-order valence-corrected chi connectivity index (χ3v) is 6.15. The van der Waals surface area contributed by atoms with Crippen LogP contribution in [0.5, 0.6) is 0 Å². The number of hydrogen-bond acceptors (Lipinski definition) is 4. The quantitative estimate of drug-likeness (QED) is 0.586. The number of amides is 2. The summed E-state index contributed by atoms with van der Waals surface area (Å²) in [7, 11) is 0. The number of benzene rings is 2. The molecule has 2 aromatic carbocycles. The van der Waals surface area contributed by atoms with Crippen LogP contribution in [0.1, 0.15) is 24.8 Å². The van der Waals surface area contributed by atoms with Crippen molar-refractivity contribution in [1.29, 1.82) is 0 Å². The predicted molar refractivity (Wildman–Crippen MR) is 129 cm³/mol. The van der Waals surface area contributed by atoms with Crippen LogP contribution in [0.25, 0.3) is 0 Å². The predicted octanol–water partition coefficient (Wildman–Crippen LogP) is 3.35. The molecule has 4 rings (SSSR count). The second-order valence-electron chi connectivity index (χ2n) is 8.22. The molecule has 8 heteroatoms. The van der Waals surface area contributed by atoms with E-state index in [4.69, 9.17) is 5.73 Å². The van der Waals surface area contributed by atoms with Gasteiger partial charge in [0.05, 0.1) is 6.54 Å². The van der Waals surface area contributed by atoms with Gasteiger partial charge in [-0.05, 0) is 61.5 Å². The molecule has 1 atom stereocenters. The first-order chi connectivity index (χ1) is 14.1. The van der Waals surface area contributed by atoms with Crippen LogP contribution in [-0.2, 0) is 16.1 Å². The van der Waals surface area contributed by atoms with E-state index in [0.717, 1.165) is 49.3 Å². The Morgan fingerprint density at radius 2 is 1.77 bits per heavy atom. The molecule has 1 heterocycles. The fourth-order valence-electron chi connectivity index (χ4n) is 4.44. The van der Waals surface area contributed by atoms with Gasteiger partial charge in [0.1, 0.15) is 0 Å². The molecule has 31 heavy (non-hydrogen) atoms. The van der Waals surface area contributed by atoms with Gasteiger partial charge in [-0.25, -0.2) is 0 Å². The number of nitrogens with zero attached hydrogens (tertiary/aromatic N) is 1. The van der Waals surface area contributed by atoms with Crippen molar-refractivity contribution in [3.8, 4) is 0 Å². The van der Waals surface area contributed by atoms with Gasteiger partial charge in [0.25, 0.3) is 0 Å². The van der Waals surface area contributed by atoms with Gasteiger partial charge < -0.3 is 21.3 Å². The minimum atomic E-state index is -0.388. The van der Waals surface area contributed by atoms with Gasteiger partial charge in [0, 0.05) is 23.8 Å². The normalized spacial score (nSPS) is 18.3. The van der Waals surface area contributed by atoms with E-state index in [1.165, 1.54) is 0 Å². The Kier molecular flexibility index (Phi) is 8.74. The molecular weight excluding hydrogens is 435 g/mol. The summed E-state index contributed by atoms with van der Waals surface area (Å²) in [6.45, 7) is 2.69. The maximum absolute atomic E-state index is 12.8. The van der Waals surface area contributed by atoms with Crippen LogP contribution in [0.2, 0.25) is 0 Å². The highest BCUT2D eigenvalue weighted by atomic mass is 35.5. The second-order valence-corrected chi connectivity index (χ2v) is 8.22. The Balaban J connectivity index is 0.00000171. The van der Waals surface area contributed by atoms with Crippen molar-refractivity contribution in [1.82, 2.24) is 5.32 Å². The Morgan fingerprint density at radius 1 is 1.06 bits per heavy atom. The molecule has 2 aliphatic rings. The fraction of sp³-hybridized carbons (Fsp3) is 0.391. The molecule has 1 aliphatic heterocycles. The highest BCUT2D eigenvalue weighted by Crippen LogP contribution is 2.58. The summed E-state index contributed by atoms with van der Waals surface area (Å²) in [6, 6.07) is 17.6. The first kappa shape index (κ1) is 25.0. The van der Waals surface area contributed by atoms with Crippen molar-refractivity contribution in [3.05, 3.63) is 60.2 Å². The summed E-state index contributed by atoms with van der Waals surface area (Å²) in [6.07, 6.45) is 3.14. The molecule has 2 aromatic rings. The molecule has 1 unspecified atom stereocenters. The van der Waals surface area contributed by atoms with E-state index in [2.05, 4.69) is 10.6 Å². The standard InChI is InChI=1S/C23H28N4O2.2ClH/c24-21(28)16-27(15-17-5-2-1-3-6-17)19-8-4-7-18(13-19)26-22(29)20-14-23(20)9-11-25-12-10-23;;/h1-8,13,20,25H,9-12,14-16H2,(H2,24,28)(H,26,29);2*1H. The summed E-state index contributed by atoms with van der Waals surface area (Å²) in [5.74, 6) is -0.172. The van der Waals surface area contributed by atoms with E-state index in [1.807, 2.05) is 59.5 Å². The Hall–Kier alpha value is -2.28. The van der Waals surface area contributed by atoms with Crippen molar-refractivity contribution >= 4 is 48.0 Å². The van der Waals surface area contributed by atoms with Gasteiger partial charge in [-0.1, -0.05) is 36.4 Å². The highest BCUT2D eigenvalue weighted by Gasteiger charge is 2.57. The maximum Gasteiger partial charge on any atom is 0.236 e. The number of piperidine rings is 1. The van der Waals surface area contributed by atoms with Crippen LogP contribution in [0.15, 0.2) is 54.6 Å². The lowest BCUT2D eigenvalue weighted by Crippen LogP contribution is -2.33. The lowest BCUT2D eigenvalue weighted by atomic mass is 9.92. The highest BCUT2D eigenvalue weighted by molar-refractivity contribution is 5.95. The van der Waals surface area contributed by atoms with E-state index in [0.29, 0.717) is 6.54 Å². The average Bonchev–Trinajstić information content (AvgIpc) is 3.41. The molecular formula is C23H30Cl2N4O2. The van der Waals surface area contributed by atoms with Gasteiger partial charge in [0.15, 0.2) is 0 Å². The minimum absolute atomic E-state index is 0. The van der Waals surface area contributed by atoms with Crippen molar-refractivity contribution in [3.63, 3.8) is 0 Å². The Morgan fingerprint density at radius 3 is 2.45 bits per heavy atom. The first-order valence-corrected chi connectivity index (χ1v) is 10.2. The zero-order valence-corrected chi connectivity index (χ0v) is 19.0. The molecule has 0 bridgehead atoms. The number of nitrogens with one attached hydrogen (secondary N) is 2. The second kappa shape index (κ2) is 10.8. The Labute approximate surface area is 195 Å². The fourth-order valence-corrected chi connectivity index (χ4v) is 4.44. The number of carbonyl (C=O) groups is 2. The smallest absolute Gasteiger partial charge is 0.236 e. The minimum Gasteiger partial charge on any atom is -0.368 e. The molecule has 168 valence electrons. The molecule has 1 spiro atoms. The molecule has 6 nitrogen and oxygen atoms in total. The van der Waals surface area contributed by atoms with E-state index in [-0.39, 0.29) is 54.5 Å². The van der Waals surface area contributed by atoms with Gasteiger partial charge in [0.2, 0.25) is 11.8 Å². The van der Waals surface area contributed by atoms with Gasteiger partial charge >= 0.3 is 0 Å². The lowest BCUT2D eigenvalue weighted by molar-refractivity contribution is -0.118. The van der Waals surface area contributed by atoms with Crippen LogP contribution in [0.3, 0.4) is 0 Å². The zero-order valence-electron chi connectivity index (χ0n) is 17.4. The molecule has 4 N–H and O–H groups in total. The number of rotatable bonds is 7. The molecule has 0 aromatic heterocycles. The van der Waals surface area contributed by atoms with Crippen molar-refractivity contribution in [2.45, 2.75) is 25.8 Å². The SMILES string of the molecule is Cl.Cl.NC(=O)CN(Cc1ccccc1)c1cccc(NC(=O)C2CC23CCNCC3)c1. The van der Waals surface area contributed by atoms with Crippen molar-refractivity contribution < 1.29 is 9.59 Å². The van der Waals surface area contributed by atoms with Crippen LogP contribution >= 0.6 is 24.8 Å². The number of hydrogen-bond donors (Lipinski definition) is 3. The van der Waals surface area contributed by atoms with E-state index >= 15 is 0 Å². The zero-order chi connectivity index (χ0) is 20.3. The number of nitrogens with two attached hydrogens (primary N) is 1. The van der Waals surface area contributed by atoms with Crippen molar-refractivity contribution in [2.75, 3.05) is 29.9 Å². The summed E-state index contributed by atoms with van der Waals surface area (Å²) in [5, 5.41) is 6.46. The molecule has 1 saturated carbocycles. The summed E-state index contributed by atoms with van der Waals surface area (Å²) in [5.41, 5.74) is 8.39. The van der Waals surface area contributed by atoms with Crippen LogP contribution in [0, 0.1) is 11.3 Å². The number of carbonyl (C=O) groups excluding carboxylic acids is 2. The largest absolute Gasteiger partial charge is 0.368 e. The topological polar surface area (TPSA) is 87.5 Å². The average molecular weight is 465 g/mol. The van der Waals surface area contributed by atoms with Gasteiger partial charge in [-0.3, -0.25) is 9.59 Å². The van der Waals surface area contributed by atoms with Crippen LogP contribution in [-0.4, -0.2) is 31.4 Å². The molecule has 2 fully saturated rings. The Bertz CT molecular complexity index is 888. The number of primary amides is 1. The number of halogens is 2. The maximum atomic E-state index is 12.8. The third-order valence-electron chi connectivity index (χ3n) is 6.15. The van der Waals surface area contributed by atoms with Gasteiger partial charge in [-0.2, -0.15) is 0 Å². The van der Waals surface area contributed by atoms with Crippen LogP contribution in [0.4, 0.5) is 11.4 Å². The summed E-state index contributed by atoms with van der Waals surface area (Å²) < 4.78 is 0. The van der Waals surface area contributed by atoms with Gasteiger partial charge in [-0.15, -0.1) is 24.8 Å². The molecule has 0 radical (unpaired) electrons. The van der Waals surface area contributed by atoms with E-state index in [1.54, 1.807) is 0 Å². The van der Waals surface area contributed by atoms with E-state index in [9.17, 15) is 9.59 Å². The lowest BCUT2D eigenvalue weighted by Gasteiger charge is -2.24. The van der Waals surface area contributed by atoms with Crippen molar-refractivity contribution in [2.24, 2.45) is 17.1 Å². The first-order valence-electron chi connectivity index (χ1n) is 10.2. The monoisotopic (exact) mass is 464 g/mol. The third kappa shape index (κ3) is 6.12. The van der Waals surface area contributed by atoms with Crippen LogP contribution < -0.4 is 21.3 Å². The number of anilines is 2. The molecule has 2 amide bonds.